The minimum absolute atomic E-state index is 0.270. The number of aryl methyl sites for hydroxylation is 1. The van der Waals surface area contributed by atoms with Crippen LogP contribution in [0.4, 0.5) is 4.39 Å². The molecule has 0 bridgehead atoms. The van der Waals surface area contributed by atoms with Crippen molar-refractivity contribution < 1.29 is 14.3 Å². The molecule has 0 amide bonds. The third kappa shape index (κ3) is 3.34. The number of hydrogen-bond acceptors (Lipinski definition) is 3. The van der Waals surface area contributed by atoms with Crippen LogP contribution < -0.4 is 0 Å². The fourth-order valence-electron chi connectivity index (χ4n) is 1.84. The molecule has 2 rings (SSSR count). The summed E-state index contributed by atoms with van der Waals surface area (Å²) in [6.07, 6.45) is 1.81. The molecule has 5 heteroatoms. The average molecular weight is 260 g/mol. The second-order valence-electron chi connectivity index (χ2n) is 4.25. The largest absolute Gasteiger partial charge is 0.481 e. The number of aromatic nitrogens is 2. The lowest BCUT2D eigenvalue weighted by Gasteiger charge is -2.12. The molecule has 0 radical (unpaired) electrons. The van der Waals surface area contributed by atoms with Crippen molar-refractivity contribution in [3.63, 3.8) is 0 Å². The van der Waals surface area contributed by atoms with Crippen molar-refractivity contribution in [2.75, 3.05) is 0 Å². The lowest BCUT2D eigenvalue weighted by Crippen LogP contribution is -2.16. The second kappa shape index (κ2) is 5.56. The first-order chi connectivity index (χ1) is 9.06. The zero-order valence-electron chi connectivity index (χ0n) is 10.4. The van der Waals surface area contributed by atoms with Gasteiger partial charge in [-0.3, -0.25) is 4.79 Å². The Hall–Kier alpha value is -2.30. The van der Waals surface area contributed by atoms with Gasteiger partial charge in [-0.25, -0.2) is 14.4 Å². The molecule has 0 saturated heterocycles. The molecule has 1 aromatic heterocycles. The predicted molar refractivity (Wildman–Crippen MR) is 67.2 cm³/mol. The van der Waals surface area contributed by atoms with Gasteiger partial charge in [-0.05, 0) is 37.1 Å². The molecule has 0 spiro atoms. The lowest BCUT2D eigenvalue weighted by molar-refractivity contribution is -0.138. The van der Waals surface area contributed by atoms with E-state index in [1.807, 2.05) is 0 Å². The van der Waals surface area contributed by atoms with Gasteiger partial charge >= 0.3 is 5.97 Å². The number of carbonyl (C=O) groups is 1. The molecule has 1 aromatic carbocycles. The quantitative estimate of drug-likeness (QED) is 0.916. The predicted octanol–water partition coefficient (Wildman–Crippen LogP) is 2.34. The van der Waals surface area contributed by atoms with Crippen LogP contribution in [0.25, 0.3) is 0 Å². The van der Waals surface area contributed by atoms with E-state index in [1.54, 1.807) is 25.1 Å². The Morgan fingerprint density at radius 3 is 2.58 bits per heavy atom. The molecule has 1 N–H and O–H groups in total. The molecular weight excluding hydrogens is 247 g/mol. The summed E-state index contributed by atoms with van der Waals surface area (Å²) in [5.74, 6) is -1.52. The highest BCUT2D eigenvalue weighted by molar-refractivity contribution is 5.75. The summed E-state index contributed by atoms with van der Waals surface area (Å²) in [5.41, 5.74) is 1.22. The summed E-state index contributed by atoms with van der Waals surface area (Å²) in [4.78, 5) is 19.4. The van der Waals surface area contributed by atoms with Crippen LogP contribution in [0.5, 0.6) is 0 Å². The monoisotopic (exact) mass is 260 g/mol. The van der Waals surface area contributed by atoms with E-state index in [1.165, 1.54) is 18.3 Å². The summed E-state index contributed by atoms with van der Waals surface area (Å²) in [7, 11) is 0. The van der Waals surface area contributed by atoms with E-state index in [2.05, 4.69) is 9.97 Å². The number of hydrogen-bond donors (Lipinski definition) is 1. The third-order valence-electron chi connectivity index (χ3n) is 2.81. The SMILES string of the molecule is Cc1nccc(C(Cc2ccc(F)cc2)C(=O)O)n1. The number of carboxylic acids is 1. The summed E-state index contributed by atoms with van der Waals surface area (Å²) in [6.45, 7) is 1.71. The van der Waals surface area contributed by atoms with Crippen LogP contribution in [0.2, 0.25) is 0 Å². The molecule has 2 aromatic rings. The van der Waals surface area contributed by atoms with Crippen molar-refractivity contribution in [1.82, 2.24) is 9.97 Å². The number of aliphatic carboxylic acids is 1. The van der Waals surface area contributed by atoms with Crippen molar-refractivity contribution in [2.45, 2.75) is 19.3 Å². The van der Waals surface area contributed by atoms with Gasteiger partial charge in [0.05, 0.1) is 5.69 Å². The minimum atomic E-state index is -0.956. The molecule has 1 atom stereocenters. The van der Waals surface area contributed by atoms with Gasteiger partial charge in [-0.2, -0.15) is 0 Å². The zero-order chi connectivity index (χ0) is 13.8. The van der Waals surface area contributed by atoms with Crippen LogP contribution in [-0.2, 0) is 11.2 Å². The summed E-state index contributed by atoms with van der Waals surface area (Å²) >= 11 is 0. The second-order valence-corrected chi connectivity index (χ2v) is 4.25. The fraction of sp³-hybridized carbons (Fsp3) is 0.214. The highest BCUT2D eigenvalue weighted by atomic mass is 19.1. The van der Waals surface area contributed by atoms with Crippen molar-refractivity contribution in [1.29, 1.82) is 0 Å². The van der Waals surface area contributed by atoms with Crippen molar-refractivity contribution in [2.24, 2.45) is 0 Å². The third-order valence-corrected chi connectivity index (χ3v) is 2.81. The van der Waals surface area contributed by atoms with E-state index in [0.29, 0.717) is 11.5 Å². The first kappa shape index (κ1) is 13.1. The fourth-order valence-corrected chi connectivity index (χ4v) is 1.84. The number of halogens is 1. The zero-order valence-corrected chi connectivity index (χ0v) is 10.4. The molecule has 19 heavy (non-hydrogen) atoms. The highest BCUT2D eigenvalue weighted by Crippen LogP contribution is 2.19. The van der Waals surface area contributed by atoms with Gasteiger partial charge in [0.1, 0.15) is 17.6 Å². The van der Waals surface area contributed by atoms with Crippen LogP contribution in [-0.4, -0.2) is 21.0 Å². The average Bonchev–Trinajstić information content (AvgIpc) is 2.37. The molecule has 0 aliphatic heterocycles. The van der Waals surface area contributed by atoms with Gasteiger partial charge in [0, 0.05) is 6.20 Å². The first-order valence-electron chi connectivity index (χ1n) is 5.83. The normalized spacial score (nSPS) is 12.1. The van der Waals surface area contributed by atoms with Gasteiger partial charge in [-0.1, -0.05) is 12.1 Å². The van der Waals surface area contributed by atoms with E-state index in [9.17, 15) is 14.3 Å². The maximum Gasteiger partial charge on any atom is 0.312 e. The van der Waals surface area contributed by atoms with Crippen LogP contribution in [0, 0.1) is 12.7 Å². The van der Waals surface area contributed by atoms with Gasteiger partial charge in [0.2, 0.25) is 0 Å². The van der Waals surface area contributed by atoms with Crippen molar-refractivity contribution in [3.8, 4) is 0 Å². The van der Waals surface area contributed by atoms with Crippen LogP contribution >= 0.6 is 0 Å². The van der Waals surface area contributed by atoms with E-state index >= 15 is 0 Å². The van der Waals surface area contributed by atoms with E-state index in [-0.39, 0.29) is 12.2 Å². The topological polar surface area (TPSA) is 63.1 Å². The Morgan fingerprint density at radius 2 is 2.00 bits per heavy atom. The Balaban J connectivity index is 2.26. The van der Waals surface area contributed by atoms with E-state index in [4.69, 9.17) is 0 Å². The molecule has 0 fully saturated rings. The Morgan fingerprint density at radius 1 is 1.32 bits per heavy atom. The molecule has 0 aliphatic carbocycles. The lowest BCUT2D eigenvalue weighted by atomic mass is 9.96. The van der Waals surface area contributed by atoms with Crippen molar-refractivity contribution in [3.05, 3.63) is 59.4 Å². The standard InChI is InChI=1S/C14H13FN2O2/c1-9-16-7-6-13(17-9)12(14(18)19)8-10-2-4-11(15)5-3-10/h2-7,12H,8H2,1H3,(H,18,19). The Labute approximate surface area is 110 Å². The maximum atomic E-state index is 12.8. The van der Waals surface area contributed by atoms with Gasteiger partial charge < -0.3 is 5.11 Å². The molecule has 1 unspecified atom stereocenters. The number of nitrogens with zero attached hydrogens (tertiary/aromatic N) is 2. The summed E-state index contributed by atoms with van der Waals surface area (Å²) < 4.78 is 12.8. The molecular formula is C14H13FN2O2. The summed E-state index contributed by atoms with van der Waals surface area (Å²) in [5, 5.41) is 9.30. The smallest absolute Gasteiger partial charge is 0.312 e. The van der Waals surface area contributed by atoms with Gasteiger partial charge in [0.15, 0.2) is 0 Å². The van der Waals surface area contributed by atoms with Crippen LogP contribution in [0.3, 0.4) is 0 Å². The number of rotatable bonds is 4. The Bertz CT molecular complexity index is 584. The molecule has 0 saturated carbocycles. The van der Waals surface area contributed by atoms with Crippen LogP contribution in [0.15, 0.2) is 36.5 Å². The van der Waals surface area contributed by atoms with Gasteiger partial charge in [0.25, 0.3) is 0 Å². The number of carboxylic acid groups (broad SMARTS) is 1. The maximum absolute atomic E-state index is 12.8. The van der Waals surface area contributed by atoms with E-state index in [0.717, 1.165) is 5.56 Å². The highest BCUT2D eigenvalue weighted by Gasteiger charge is 2.22. The summed E-state index contributed by atoms with van der Waals surface area (Å²) in [6, 6.07) is 7.40. The molecule has 98 valence electrons. The Kier molecular flexibility index (Phi) is 3.85. The molecule has 0 aliphatic rings. The molecule has 4 nitrogen and oxygen atoms in total. The van der Waals surface area contributed by atoms with Crippen molar-refractivity contribution >= 4 is 5.97 Å². The molecule has 1 heterocycles. The van der Waals surface area contributed by atoms with Crippen LogP contribution in [0.1, 0.15) is 23.0 Å². The number of benzene rings is 1. The van der Waals surface area contributed by atoms with E-state index < -0.39 is 11.9 Å². The first-order valence-corrected chi connectivity index (χ1v) is 5.83. The minimum Gasteiger partial charge on any atom is -0.481 e. The van der Waals surface area contributed by atoms with Gasteiger partial charge in [-0.15, -0.1) is 0 Å².